The molecule has 0 N–H and O–H groups in total. The molecule has 1 fully saturated rings. The number of benzene rings is 2. The van der Waals surface area contributed by atoms with E-state index in [0.717, 1.165) is 12.0 Å². The lowest BCUT2D eigenvalue weighted by Gasteiger charge is -2.19. The van der Waals surface area contributed by atoms with E-state index in [2.05, 4.69) is 36.9 Å². The van der Waals surface area contributed by atoms with Crippen molar-refractivity contribution in [3.63, 3.8) is 0 Å². The first-order chi connectivity index (χ1) is 11.3. The van der Waals surface area contributed by atoms with E-state index in [4.69, 9.17) is 14.2 Å². The number of hydrogen-bond donors (Lipinski definition) is 1. The van der Waals surface area contributed by atoms with E-state index in [1.807, 2.05) is 36.4 Å². The highest BCUT2D eigenvalue weighted by Crippen LogP contribution is 2.26. The van der Waals surface area contributed by atoms with E-state index in [0.29, 0.717) is 19.8 Å². The molecule has 0 bridgehead atoms. The Morgan fingerprint density at radius 1 is 0.913 bits per heavy atom. The van der Waals surface area contributed by atoms with E-state index >= 15 is 0 Å². The molecule has 1 aliphatic heterocycles. The van der Waals surface area contributed by atoms with Crippen molar-refractivity contribution in [2.75, 3.05) is 6.61 Å². The maximum atomic E-state index is 6.02. The van der Waals surface area contributed by atoms with E-state index in [-0.39, 0.29) is 17.6 Å². The summed E-state index contributed by atoms with van der Waals surface area (Å²) in [5.41, 5.74) is 2.25. The summed E-state index contributed by atoms with van der Waals surface area (Å²) in [4.78, 5) is 0. The topological polar surface area (TPSA) is 27.7 Å². The van der Waals surface area contributed by atoms with Crippen molar-refractivity contribution in [2.24, 2.45) is 0 Å². The van der Waals surface area contributed by atoms with E-state index in [9.17, 15) is 0 Å². The highest BCUT2D eigenvalue weighted by molar-refractivity contribution is 7.80. The van der Waals surface area contributed by atoms with Gasteiger partial charge in [0.05, 0.1) is 25.9 Å². The third-order valence-corrected chi connectivity index (χ3v) is 4.21. The molecule has 0 aliphatic carbocycles. The average Bonchev–Trinajstić information content (AvgIpc) is 2.95. The fourth-order valence-corrected chi connectivity index (χ4v) is 3.03. The van der Waals surface area contributed by atoms with Gasteiger partial charge in [-0.2, -0.15) is 0 Å². The van der Waals surface area contributed by atoms with Gasteiger partial charge in [-0.15, -0.1) is 12.6 Å². The smallest absolute Gasteiger partial charge is 0.109 e. The predicted octanol–water partition coefficient (Wildman–Crippen LogP) is 3.83. The van der Waals surface area contributed by atoms with Gasteiger partial charge in [0.1, 0.15) is 11.5 Å². The lowest BCUT2D eigenvalue weighted by Crippen LogP contribution is -2.29. The predicted molar refractivity (Wildman–Crippen MR) is 93.4 cm³/mol. The summed E-state index contributed by atoms with van der Waals surface area (Å²) in [5, 5.41) is 0. The van der Waals surface area contributed by atoms with Crippen molar-refractivity contribution in [3.05, 3.63) is 71.8 Å². The van der Waals surface area contributed by atoms with Gasteiger partial charge in [0.2, 0.25) is 0 Å². The first-order valence-electron chi connectivity index (χ1n) is 7.92. The molecule has 3 nitrogen and oxygen atoms in total. The average molecular weight is 330 g/mol. The molecule has 0 amide bonds. The van der Waals surface area contributed by atoms with Crippen LogP contribution in [0.2, 0.25) is 0 Å². The van der Waals surface area contributed by atoms with Crippen molar-refractivity contribution < 1.29 is 14.2 Å². The quantitative estimate of drug-likeness (QED) is 0.782. The summed E-state index contributed by atoms with van der Waals surface area (Å²) < 4.78 is 17.6. The fourth-order valence-electron chi connectivity index (χ4n) is 2.66. The van der Waals surface area contributed by atoms with Gasteiger partial charge in [-0.3, -0.25) is 0 Å². The minimum absolute atomic E-state index is 0.0217. The highest BCUT2D eigenvalue weighted by Gasteiger charge is 2.34. The first kappa shape index (κ1) is 16.5. The Bertz CT molecular complexity index is 576. The highest BCUT2D eigenvalue weighted by atomic mass is 32.1. The Balaban J connectivity index is 1.47. The molecule has 1 unspecified atom stereocenters. The second-order valence-corrected chi connectivity index (χ2v) is 6.28. The first-order valence-corrected chi connectivity index (χ1v) is 8.43. The molecular formula is C19H22O3S. The molecule has 122 valence electrons. The van der Waals surface area contributed by atoms with Crippen LogP contribution in [0, 0.1) is 0 Å². The molecule has 2 aromatic carbocycles. The molecule has 23 heavy (non-hydrogen) atoms. The van der Waals surface area contributed by atoms with Crippen LogP contribution >= 0.6 is 12.6 Å². The Hall–Kier alpha value is -1.33. The molecule has 3 rings (SSSR count). The molecule has 0 spiro atoms. The van der Waals surface area contributed by atoms with Crippen molar-refractivity contribution in [1.82, 2.24) is 0 Å². The van der Waals surface area contributed by atoms with Crippen molar-refractivity contribution in [3.8, 4) is 0 Å². The van der Waals surface area contributed by atoms with Gasteiger partial charge in [0.25, 0.3) is 0 Å². The molecule has 1 heterocycles. The van der Waals surface area contributed by atoms with E-state index in [1.165, 1.54) is 5.56 Å². The molecule has 3 atom stereocenters. The van der Waals surface area contributed by atoms with Gasteiger partial charge < -0.3 is 14.2 Å². The van der Waals surface area contributed by atoms with Crippen LogP contribution in [0.15, 0.2) is 60.7 Å². The fraction of sp³-hybridized carbons (Fsp3) is 0.368. The zero-order valence-electron chi connectivity index (χ0n) is 13.0. The van der Waals surface area contributed by atoms with Crippen LogP contribution in [0.25, 0.3) is 0 Å². The van der Waals surface area contributed by atoms with Gasteiger partial charge in [-0.05, 0) is 11.1 Å². The number of thiol groups is 1. The Morgan fingerprint density at radius 2 is 1.52 bits per heavy atom. The van der Waals surface area contributed by atoms with Crippen LogP contribution in [0.4, 0.5) is 0 Å². The van der Waals surface area contributed by atoms with Crippen LogP contribution in [-0.4, -0.2) is 24.3 Å². The second-order valence-electron chi connectivity index (χ2n) is 5.70. The van der Waals surface area contributed by atoms with Gasteiger partial charge in [-0.25, -0.2) is 0 Å². The summed E-state index contributed by atoms with van der Waals surface area (Å²) in [6, 6.07) is 20.3. The number of hydrogen-bond acceptors (Lipinski definition) is 4. The minimum atomic E-state index is -0.0823. The van der Waals surface area contributed by atoms with Crippen LogP contribution in [0.3, 0.4) is 0 Å². The Morgan fingerprint density at radius 3 is 2.17 bits per heavy atom. The van der Waals surface area contributed by atoms with Gasteiger partial charge in [-0.1, -0.05) is 60.7 Å². The van der Waals surface area contributed by atoms with Gasteiger partial charge in [0.15, 0.2) is 0 Å². The van der Waals surface area contributed by atoms with Crippen LogP contribution < -0.4 is 0 Å². The van der Waals surface area contributed by atoms with Gasteiger partial charge in [0, 0.05) is 6.42 Å². The van der Waals surface area contributed by atoms with Crippen LogP contribution in [-0.2, 0) is 27.4 Å². The van der Waals surface area contributed by atoms with Gasteiger partial charge >= 0.3 is 0 Å². The molecule has 0 saturated carbocycles. The van der Waals surface area contributed by atoms with E-state index in [1.54, 1.807) is 0 Å². The zero-order valence-corrected chi connectivity index (χ0v) is 13.9. The lowest BCUT2D eigenvalue weighted by atomic mass is 10.2. The minimum Gasteiger partial charge on any atom is -0.374 e. The molecule has 4 heteroatoms. The number of ether oxygens (including phenoxy) is 3. The monoisotopic (exact) mass is 330 g/mol. The van der Waals surface area contributed by atoms with E-state index < -0.39 is 0 Å². The summed E-state index contributed by atoms with van der Waals surface area (Å²) in [6.45, 7) is 1.69. The molecule has 0 radical (unpaired) electrons. The third-order valence-electron chi connectivity index (χ3n) is 3.88. The molecule has 1 aliphatic rings. The standard InChI is InChI=1S/C19H22O3S/c23-19-11-17(21-13-16-9-5-2-6-10-16)18(22-19)14-20-12-15-7-3-1-4-8-15/h1-10,17-19,23H,11-14H2/t17-,18+,19?/m0/s1. The zero-order chi connectivity index (χ0) is 15.9. The molecular weight excluding hydrogens is 308 g/mol. The maximum absolute atomic E-state index is 6.02. The largest absolute Gasteiger partial charge is 0.374 e. The van der Waals surface area contributed by atoms with Crippen LogP contribution in [0.5, 0.6) is 0 Å². The molecule has 0 aromatic heterocycles. The lowest BCUT2D eigenvalue weighted by molar-refractivity contribution is -0.0622. The molecule has 1 saturated heterocycles. The van der Waals surface area contributed by atoms with Crippen molar-refractivity contribution in [2.45, 2.75) is 37.3 Å². The normalized spacial score (nSPS) is 24.0. The maximum Gasteiger partial charge on any atom is 0.109 e. The second kappa shape index (κ2) is 8.50. The van der Waals surface area contributed by atoms with Crippen molar-refractivity contribution in [1.29, 1.82) is 0 Å². The Kier molecular flexibility index (Phi) is 6.11. The summed E-state index contributed by atoms with van der Waals surface area (Å²) in [7, 11) is 0. The Labute approximate surface area is 143 Å². The summed E-state index contributed by atoms with van der Waals surface area (Å²) in [6.07, 6.45) is 0.744. The number of rotatable bonds is 7. The SMILES string of the molecule is SC1C[C@H](OCc2ccccc2)[C@@H](COCc2ccccc2)O1. The van der Waals surface area contributed by atoms with Crippen molar-refractivity contribution >= 4 is 12.6 Å². The summed E-state index contributed by atoms with van der Waals surface area (Å²) >= 11 is 4.43. The summed E-state index contributed by atoms with van der Waals surface area (Å²) in [5.74, 6) is 0. The molecule has 2 aromatic rings. The third kappa shape index (κ3) is 5.08. The van der Waals surface area contributed by atoms with Crippen LogP contribution in [0.1, 0.15) is 17.5 Å².